The highest BCUT2D eigenvalue weighted by Crippen LogP contribution is 1.86. The first kappa shape index (κ1) is 13.6. The predicted molar refractivity (Wildman–Crippen MR) is 64.1 cm³/mol. The molecule has 0 rings (SSSR count). The van der Waals surface area contributed by atoms with Crippen LogP contribution in [-0.4, -0.2) is 56.6 Å². The third-order valence-electron chi connectivity index (χ3n) is 1.50. The molecular formula is C7H17IN2O2S. The highest BCUT2D eigenvalue weighted by atomic mass is 127. The Bertz CT molecular complexity index is 219. The second-order valence-electron chi connectivity index (χ2n) is 3.06. The van der Waals surface area contributed by atoms with E-state index in [0.29, 0.717) is 0 Å². The summed E-state index contributed by atoms with van der Waals surface area (Å²) in [7, 11) is -0.837. The van der Waals surface area contributed by atoms with Gasteiger partial charge in [0.25, 0.3) is 0 Å². The zero-order valence-corrected chi connectivity index (χ0v) is 11.1. The second-order valence-corrected chi connectivity index (χ2v) is 6.28. The summed E-state index contributed by atoms with van der Waals surface area (Å²) in [6.07, 6.45) is 1.23. The van der Waals surface area contributed by atoms with Crippen molar-refractivity contribution in [2.75, 3.05) is 43.2 Å². The molecule has 0 atom stereocenters. The molecule has 0 aliphatic carbocycles. The molecule has 4 nitrogen and oxygen atoms in total. The van der Waals surface area contributed by atoms with Gasteiger partial charge in [0, 0.05) is 30.3 Å². The number of sulfone groups is 1. The van der Waals surface area contributed by atoms with Crippen molar-refractivity contribution in [1.29, 1.82) is 0 Å². The minimum Gasteiger partial charge on any atom is -0.304 e. The van der Waals surface area contributed by atoms with Gasteiger partial charge in [0.05, 0.1) is 5.88 Å². The van der Waals surface area contributed by atoms with Crippen LogP contribution in [0.1, 0.15) is 0 Å². The van der Waals surface area contributed by atoms with Crippen molar-refractivity contribution >= 4 is 32.4 Å². The van der Waals surface area contributed by atoms with E-state index in [1.165, 1.54) is 6.26 Å². The van der Waals surface area contributed by atoms with Crippen molar-refractivity contribution in [1.82, 2.24) is 10.2 Å². The van der Waals surface area contributed by atoms with E-state index in [2.05, 4.69) is 32.8 Å². The molecule has 1 N–H and O–H groups in total. The van der Waals surface area contributed by atoms with Crippen LogP contribution in [-0.2, 0) is 9.84 Å². The molecule has 0 aromatic rings. The number of nitrogens with zero attached hydrogens (tertiary/aromatic N) is 1. The van der Waals surface area contributed by atoms with Gasteiger partial charge in [0.1, 0.15) is 0 Å². The molecule has 0 radical (unpaired) electrons. The summed E-state index contributed by atoms with van der Waals surface area (Å²) >= 11 is 2.32. The first-order valence-corrected chi connectivity index (χ1v) is 7.67. The number of hydrogen-bond donors (Lipinski definition) is 1. The first-order valence-electron chi connectivity index (χ1n) is 4.08. The molecule has 80 valence electrons. The standard InChI is InChI=1S/C7H17IN2O2S/c1-10(5-3-8)6-4-9-7-13(2,11)12/h9H,3-7H2,1-2H3. The Morgan fingerprint density at radius 1 is 1.38 bits per heavy atom. The van der Waals surface area contributed by atoms with Crippen LogP contribution in [0.2, 0.25) is 0 Å². The number of rotatable bonds is 7. The summed E-state index contributed by atoms with van der Waals surface area (Å²) in [6.45, 7) is 2.65. The summed E-state index contributed by atoms with van der Waals surface area (Å²) in [6, 6.07) is 0. The smallest absolute Gasteiger partial charge is 0.160 e. The fourth-order valence-electron chi connectivity index (χ4n) is 0.784. The molecule has 0 aromatic carbocycles. The molecule has 0 heterocycles. The lowest BCUT2D eigenvalue weighted by Crippen LogP contribution is -2.32. The summed E-state index contributed by atoms with van der Waals surface area (Å²) in [5.41, 5.74) is 0. The molecule has 0 spiro atoms. The van der Waals surface area contributed by atoms with Gasteiger partial charge >= 0.3 is 0 Å². The quantitative estimate of drug-likeness (QED) is 0.406. The van der Waals surface area contributed by atoms with Crippen LogP contribution < -0.4 is 5.32 Å². The number of nitrogens with one attached hydrogen (secondary N) is 1. The Labute approximate surface area is 94.1 Å². The summed E-state index contributed by atoms with van der Waals surface area (Å²) in [5, 5.41) is 2.88. The Morgan fingerprint density at radius 2 is 2.00 bits per heavy atom. The van der Waals surface area contributed by atoms with Crippen molar-refractivity contribution in [3.63, 3.8) is 0 Å². The van der Waals surface area contributed by atoms with Crippen molar-refractivity contribution in [2.45, 2.75) is 0 Å². The van der Waals surface area contributed by atoms with Gasteiger partial charge in [0.2, 0.25) is 0 Å². The van der Waals surface area contributed by atoms with Crippen LogP contribution in [0.3, 0.4) is 0 Å². The Morgan fingerprint density at radius 3 is 2.46 bits per heavy atom. The summed E-state index contributed by atoms with van der Waals surface area (Å²) in [5.74, 6) is 0.0745. The average Bonchev–Trinajstić information content (AvgIpc) is 1.97. The Balaban J connectivity index is 3.36. The van der Waals surface area contributed by atoms with Gasteiger partial charge < -0.3 is 10.2 Å². The maximum Gasteiger partial charge on any atom is 0.160 e. The predicted octanol–water partition coefficient (Wildman–Crippen LogP) is -0.0551. The maximum absolute atomic E-state index is 10.7. The highest BCUT2D eigenvalue weighted by molar-refractivity contribution is 14.1. The molecule has 0 aliphatic heterocycles. The van der Waals surface area contributed by atoms with E-state index in [1.807, 2.05) is 7.05 Å². The topological polar surface area (TPSA) is 49.4 Å². The number of halogens is 1. The molecule has 0 amide bonds. The summed E-state index contributed by atoms with van der Waals surface area (Å²) in [4.78, 5) is 2.17. The van der Waals surface area contributed by atoms with Crippen molar-refractivity contribution in [2.24, 2.45) is 0 Å². The van der Waals surface area contributed by atoms with Crippen molar-refractivity contribution < 1.29 is 8.42 Å². The molecule has 0 saturated carbocycles. The normalized spacial score (nSPS) is 12.3. The van der Waals surface area contributed by atoms with Crippen LogP contribution in [0.5, 0.6) is 0 Å². The van der Waals surface area contributed by atoms with Crippen LogP contribution in [0.4, 0.5) is 0 Å². The third-order valence-corrected chi connectivity index (χ3v) is 2.71. The van der Waals surface area contributed by atoms with Crippen molar-refractivity contribution in [3.05, 3.63) is 0 Å². The third kappa shape index (κ3) is 10.5. The fourth-order valence-corrected chi connectivity index (χ4v) is 2.12. The van der Waals surface area contributed by atoms with Gasteiger partial charge in [-0.2, -0.15) is 0 Å². The van der Waals surface area contributed by atoms with Gasteiger partial charge in [-0.15, -0.1) is 0 Å². The van der Waals surface area contributed by atoms with E-state index < -0.39 is 9.84 Å². The minimum atomic E-state index is -2.87. The highest BCUT2D eigenvalue weighted by Gasteiger charge is 2.00. The second kappa shape index (κ2) is 6.97. The van der Waals surface area contributed by atoms with Crippen LogP contribution >= 0.6 is 22.6 Å². The van der Waals surface area contributed by atoms with E-state index in [9.17, 15) is 8.42 Å². The van der Waals surface area contributed by atoms with Crippen molar-refractivity contribution in [3.8, 4) is 0 Å². The summed E-state index contributed by atoms with van der Waals surface area (Å²) < 4.78 is 22.5. The molecule has 0 aromatic heterocycles. The van der Waals surface area contributed by atoms with E-state index >= 15 is 0 Å². The molecular weight excluding hydrogens is 303 g/mol. The van der Waals surface area contributed by atoms with Gasteiger partial charge in [-0.3, -0.25) is 0 Å². The van der Waals surface area contributed by atoms with E-state index in [1.54, 1.807) is 0 Å². The number of alkyl halides is 1. The SMILES string of the molecule is CN(CCI)CCNCS(C)(=O)=O. The monoisotopic (exact) mass is 320 g/mol. The molecule has 0 unspecified atom stereocenters. The van der Waals surface area contributed by atoms with Gasteiger partial charge in [0.15, 0.2) is 9.84 Å². The van der Waals surface area contributed by atoms with Crippen LogP contribution in [0.15, 0.2) is 0 Å². The average molecular weight is 320 g/mol. The maximum atomic E-state index is 10.7. The zero-order valence-electron chi connectivity index (χ0n) is 8.09. The molecule has 6 heteroatoms. The largest absolute Gasteiger partial charge is 0.304 e. The molecule has 13 heavy (non-hydrogen) atoms. The Kier molecular flexibility index (Phi) is 7.29. The number of likely N-dealkylation sites (N-methyl/N-ethyl adjacent to an activating group) is 1. The molecule has 0 fully saturated rings. The van der Waals surface area contributed by atoms with E-state index in [4.69, 9.17) is 0 Å². The molecule has 0 aliphatic rings. The van der Waals surface area contributed by atoms with E-state index in [-0.39, 0.29) is 5.88 Å². The van der Waals surface area contributed by atoms with Crippen LogP contribution in [0, 0.1) is 0 Å². The van der Waals surface area contributed by atoms with Gasteiger partial charge in [-0.25, -0.2) is 8.42 Å². The zero-order chi connectivity index (χ0) is 10.3. The molecule has 0 bridgehead atoms. The fraction of sp³-hybridized carbons (Fsp3) is 1.00. The van der Waals surface area contributed by atoms with E-state index in [0.717, 1.165) is 24.1 Å². The van der Waals surface area contributed by atoms with Crippen LogP contribution in [0.25, 0.3) is 0 Å². The lowest BCUT2D eigenvalue weighted by atomic mass is 10.5. The molecule has 0 saturated heterocycles. The first-order chi connectivity index (χ1) is 5.95. The Hall–Kier alpha value is 0.600. The van der Waals surface area contributed by atoms with Gasteiger partial charge in [-0.1, -0.05) is 22.6 Å². The van der Waals surface area contributed by atoms with Gasteiger partial charge in [-0.05, 0) is 7.05 Å². The minimum absolute atomic E-state index is 0.0745. The lowest BCUT2D eigenvalue weighted by molar-refractivity contribution is 0.357. The number of hydrogen-bond acceptors (Lipinski definition) is 4. The lowest BCUT2D eigenvalue weighted by Gasteiger charge is -2.14.